The Balaban J connectivity index is 2.55. The minimum atomic E-state index is 0.259. The molecule has 1 aromatic rings. The van der Waals surface area contributed by atoms with Crippen molar-refractivity contribution in [3.63, 3.8) is 0 Å². The zero-order chi connectivity index (χ0) is 13.5. The molecule has 0 saturated heterocycles. The minimum Gasteiger partial charge on any atom is -0.384 e. The van der Waals surface area contributed by atoms with E-state index < -0.39 is 0 Å². The normalized spacial score (nSPS) is 22.7. The summed E-state index contributed by atoms with van der Waals surface area (Å²) in [5.74, 6) is 0.660. The molecule has 0 spiro atoms. The number of nitrogen functional groups attached to an aromatic ring is 1. The van der Waals surface area contributed by atoms with E-state index in [0.717, 1.165) is 17.7 Å². The summed E-state index contributed by atoms with van der Waals surface area (Å²) >= 11 is 0. The summed E-state index contributed by atoms with van der Waals surface area (Å²) in [4.78, 5) is 0. The summed E-state index contributed by atoms with van der Waals surface area (Å²) in [5, 5.41) is 9.22. The predicted molar refractivity (Wildman–Crippen MR) is 74.3 cm³/mol. The van der Waals surface area contributed by atoms with Crippen LogP contribution in [0.15, 0.2) is 0 Å². The standard InChI is InChI=1S/C15H23N3/c1-10-11(2)18(14(17)12(10)9-16)13-7-5-6-8-15(13,3)4/h13H,5-8,17H2,1-4H3. The smallest absolute Gasteiger partial charge is 0.122 e. The molecule has 98 valence electrons. The Morgan fingerprint density at radius 2 is 2.00 bits per heavy atom. The van der Waals surface area contributed by atoms with Crippen molar-refractivity contribution in [3.8, 4) is 6.07 Å². The highest BCUT2D eigenvalue weighted by molar-refractivity contribution is 5.58. The van der Waals surface area contributed by atoms with Gasteiger partial charge in [0.05, 0.1) is 5.56 Å². The van der Waals surface area contributed by atoms with E-state index in [1.54, 1.807) is 0 Å². The number of hydrogen-bond acceptors (Lipinski definition) is 2. The largest absolute Gasteiger partial charge is 0.384 e. The molecule has 2 N–H and O–H groups in total. The molecular weight excluding hydrogens is 222 g/mol. The van der Waals surface area contributed by atoms with Crippen molar-refractivity contribution in [2.75, 3.05) is 5.73 Å². The van der Waals surface area contributed by atoms with Crippen molar-refractivity contribution in [2.45, 2.75) is 59.4 Å². The van der Waals surface area contributed by atoms with Gasteiger partial charge in [0.1, 0.15) is 11.9 Å². The third-order valence-corrected chi connectivity index (χ3v) is 4.67. The minimum absolute atomic E-state index is 0.259. The summed E-state index contributed by atoms with van der Waals surface area (Å²) in [6.45, 7) is 8.71. The highest BCUT2D eigenvalue weighted by Crippen LogP contribution is 2.46. The first-order chi connectivity index (χ1) is 8.40. The second-order valence-corrected chi connectivity index (χ2v) is 6.20. The van der Waals surface area contributed by atoms with E-state index in [4.69, 9.17) is 5.73 Å². The number of rotatable bonds is 1. The molecule has 3 heteroatoms. The Bertz CT molecular complexity index is 503. The van der Waals surface area contributed by atoms with Gasteiger partial charge in [0.25, 0.3) is 0 Å². The van der Waals surface area contributed by atoms with Crippen molar-refractivity contribution < 1.29 is 0 Å². The van der Waals surface area contributed by atoms with Crippen LogP contribution in [-0.2, 0) is 0 Å². The topological polar surface area (TPSA) is 54.7 Å². The zero-order valence-electron chi connectivity index (χ0n) is 11.9. The van der Waals surface area contributed by atoms with E-state index in [2.05, 4.69) is 31.4 Å². The van der Waals surface area contributed by atoms with E-state index in [1.807, 2.05) is 6.92 Å². The number of aromatic nitrogens is 1. The third kappa shape index (κ3) is 1.80. The highest BCUT2D eigenvalue weighted by Gasteiger charge is 2.35. The lowest BCUT2D eigenvalue weighted by Crippen LogP contribution is -2.31. The molecule has 0 aliphatic heterocycles. The lowest BCUT2D eigenvalue weighted by molar-refractivity contribution is 0.144. The fourth-order valence-corrected chi connectivity index (χ4v) is 3.35. The van der Waals surface area contributed by atoms with Gasteiger partial charge in [0.2, 0.25) is 0 Å². The second-order valence-electron chi connectivity index (χ2n) is 6.20. The maximum atomic E-state index is 9.22. The first kappa shape index (κ1) is 13.0. The van der Waals surface area contributed by atoms with Crippen molar-refractivity contribution in [1.29, 1.82) is 5.26 Å². The Hall–Kier alpha value is -1.43. The molecule has 1 unspecified atom stereocenters. The van der Waals surface area contributed by atoms with Gasteiger partial charge >= 0.3 is 0 Å². The molecule has 1 atom stereocenters. The maximum absolute atomic E-state index is 9.22. The predicted octanol–water partition coefficient (Wildman–Crippen LogP) is 3.70. The molecule has 1 aliphatic rings. The van der Waals surface area contributed by atoms with Gasteiger partial charge in [0.15, 0.2) is 0 Å². The van der Waals surface area contributed by atoms with E-state index in [1.165, 1.54) is 19.3 Å². The summed E-state index contributed by atoms with van der Waals surface area (Å²) in [6, 6.07) is 2.67. The molecule has 1 heterocycles. The van der Waals surface area contributed by atoms with Crippen LogP contribution in [0.3, 0.4) is 0 Å². The Morgan fingerprint density at radius 3 is 2.50 bits per heavy atom. The van der Waals surface area contributed by atoms with Crippen LogP contribution in [0.25, 0.3) is 0 Å². The summed E-state index contributed by atoms with van der Waals surface area (Å²) in [6.07, 6.45) is 4.95. The average Bonchev–Trinajstić information content (AvgIpc) is 2.51. The number of hydrogen-bond donors (Lipinski definition) is 1. The quantitative estimate of drug-likeness (QED) is 0.820. The van der Waals surface area contributed by atoms with Crippen molar-refractivity contribution in [1.82, 2.24) is 4.57 Å². The molecule has 1 saturated carbocycles. The molecule has 0 bridgehead atoms. The van der Waals surface area contributed by atoms with Gasteiger partial charge in [-0.2, -0.15) is 5.26 Å². The maximum Gasteiger partial charge on any atom is 0.122 e. The van der Waals surface area contributed by atoms with E-state index in [9.17, 15) is 5.26 Å². The van der Waals surface area contributed by atoms with Crippen LogP contribution in [0.4, 0.5) is 5.82 Å². The fraction of sp³-hybridized carbons (Fsp3) is 0.667. The lowest BCUT2D eigenvalue weighted by Gasteiger charge is -2.40. The van der Waals surface area contributed by atoms with Gasteiger partial charge in [-0.05, 0) is 37.7 Å². The molecule has 0 amide bonds. The Kier molecular flexibility index (Phi) is 3.14. The van der Waals surface area contributed by atoms with Gasteiger partial charge in [0, 0.05) is 11.7 Å². The highest BCUT2D eigenvalue weighted by atomic mass is 15.1. The zero-order valence-corrected chi connectivity index (χ0v) is 11.9. The van der Waals surface area contributed by atoms with Gasteiger partial charge in [-0.15, -0.1) is 0 Å². The van der Waals surface area contributed by atoms with Crippen molar-refractivity contribution in [3.05, 3.63) is 16.8 Å². The van der Waals surface area contributed by atoms with Crippen LogP contribution < -0.4 is 5.73 Å². The molecule has 2 rings (SSSR count). The Morgan fingerprint density at radius 1 is 1.33 bits per heavy atom. The molecule has 3 nitrogen and oxygen atoms in total. The van der Waals surface area contributed by atoms with Crippen LogP contribution in [0, 0.1) is 30.6 Å². The first-order valence-corrected chi connectivity index (χ1v) is 6.77. The van der Waals surface area contributed by atoms with Gasteiger partial charge < -0.3 is 10.3 Å². The first-order valence-electron chi connectivity index (χ1n) is 6.77. The van der Waals surface area contributed by atoms with Crippen molar-refractivity contribution >= 4 is 5.82 Å². The molecule has 18 heavy (non-hydrogen) atoms. The molecule has 1 fully saturated rings. The molecule has 0 radical (unpaired) electrons. The van der Waals surface area contributed by atoms with Crippen LogP contribution in [0.5, 0.6) is 0 Å². The number of nitrogens with zero attached hydrogens (tertiary/aromatic N) is 2. The van der Waals surface area contributed by atoms with Gasteiger partial charge in [-0.1, -0.05) is 26.7 Å². The number of nitrogens with two attached hydrogens (primary N) is 1. The van der Waals surface area contributed by atoms with Crippen molar-refractivity contribution in [2.24, 2.45) is 5.41 Å². The molecule has 1 aromatic heterocycles. The molecular formula is C15H23N3. The summed E-state index contributed by atoms with van der Waals surface area (Å²) in [5.41, 5.74) is 9.32. The van der Waals surface area contributed by atoms with Crippen LogP contribution in [0.2, 0.25) is 0 Å². The number of nitriles is 1. The SMILES string of the molecule is Cc1c(C#N)c(N)n(C2CCCCC2(C)C)c1C. The lowest BCUT2D eigenvalue weighted by atomic mass is 9.73. The molecule has 0 aromatic carbocycles. The average molecular weight is 245 g/mol. The van der Waals surface area contributed by atoms with Gasteiger partial charge in [-0.3, -0.25) is 0 Å². The third-order valence-electron chi connectivity index (χ3n) is 4.67. The van der Waals surface area contributed by atoms with Crippen LogP contribution in [0.1, 0.15) is 62.4 Å². The van der Waals surface area contributed by atoms with Crippen LogP contribution >= 0.6 is 0 Å². The monoisotopic (exact) mass is 245 g/mol. The van der Waals surface area contributed by atoms with Crippen LogP contribution in [-0.4, -0.2) is 4.57 Å². The number of anilines is 1. The van der Waals surface area contributed by atoms with E-state index in [0.29, 0.717) is 17.4 Å². The van der Waals surface area contributed by atoms with E-state index >= 15 is 0 Å². The van der Waals surface area contributed by atoms with E-state index in [-0.39, 0.29) is 5.41 Å². The second kappa shape index (κ2) is 4.35. The van der Waals surface area contributed by atoms with Gasteiger partial charge in [-0.25, -0.2) is 0 Å². The summed E-state index contributed by atoms with van der Waals surface area (Å²) in [7, 11) is 0. The Labute approximate surface area is 110 Å². The molecule has 1 aliphatic carbocycles. The summed E-state index contributed by atoms with van der Waals surface area (Å²) < 4.78 is 2.22. The fourth-order valence-electron chi connectivity index (χ4n) is 3.35.